The second-order valence-corrected chi connectivity index (χ2v) is 5.77. The Kier molecular flexibility index (Phi) is 4.86. The topological polar surface area (TPSA) is 24.1 Å². The Bertz CT molecular complexity index is 601. The molecule has 0 aliphatic heterocycles. The molecule has 0 bridgehead atoms. The van der Waals surface area contributed by atoms with Gasteiger partial charge in [-0.25, -0.2) is 0 Å². The van der Waals surface area contributed by atoms with Crippen molar-refractivity contribution >= 4 is 51.9 Å². The van der Waals surface area contributed by atoms with Crippen LogP contribution in [0.25, 0.3) is 0 Å². The maximum absolute atomic E-state index is 6.16. The predicted octanol–water partition coefficient (Wildman–Crippen LogP) is 5.42. The van der Waals surface area contributed by atoms with E-state index in [1.807, 2.05) is 50.2 Å². The van der Waals surface area contributed by atoms with E-state index in [2.05, 4.69) is 10.6 Å². The van der Waals surface area contributed by atoms with Gasteiger partial charge in [0.15, 0.2) is 5.11 Å². The van der Waals surface area contributed by atoms with Gasteiger partial charge in [0.05, 0.1) is 10.7 Å². The first-order valence-electron chi connectivity index (χ1n) is 6.06. The van der Waals surface area contributed by atoms with E-state index in [1.54, 1.807) is 0 Å². The van der Waals surface area contributed by atoms with E-state index >= 15 is 0 Å². The van der Waals surface area contributed by atoms with E-state index in [-0.39, 0.29) is 0 Å². The highest BCUT2D eigenvalue weighted by Crippen LogP contribution is 2.24. The molecule has 0 aromatic heterocycles. The summed E-state index contributed by atoms with van der Waals surface area (Å²) in [5.41, 5.74) is 3.82. The van der Waals surface area contributed by atoms with Gasteiger partial charge in [0.2, 0.25) is 0 Å². The number of aryl methyl sites for hydroxylation is 2. The number of thiocarbonyl (C=S) groups is 1. The maximum atomic E-state index is 6.16. The van der Waals surface area contributed by atoms with Crippen LogP contribution in [0, 0.1) is 13.8 Å². The fraction of sp³-hybridized carbons (Fsp3) is 0.133. The van der Waals surface area contributed by atoms with E-state index in [4.69, 9.17) is 35.4 Å². The van der Waals surface area contributed by atoms with Crippen molar-refractivity contribution in [2.24, 2.45) is 0 Å². The zero-order valence-electron chi connectivity index (χ0n) is 11.1. The third-order valence-electron chi connectivity index (χ3n) is 2.81. The third kappa shape index (κ3) is 3.85. The van der Waals surface area contributed by atoms with Gasteiger partial charge < -0.3 is 10.6 Å². The van der Waals surface area contributed by atoms with Crippen LogP contribution in [-0.2, 0) is 0 Å². The SMILES string of the molecule is Cc1ccc(NC(=S)Nc2ccc(Cl)cc2C)c(Cl)c1. The molecule has 0 saturated carbocycles. The molecule has 2 rings (SSSR count). The van der Waals surface area contributed by atoms with E-state index in [1.165, 1.54) is 0 Å². The summed E-state index contributed by atoms with van der Waals surface area (Å²) in [6.07, 6.45) is 0. The lowest BCUT2D eigenvalue weighted by molar-refractivity contribution is 1.45. The lowest BCUT2D eigenvalue weighted by Gasteiger charge is -2.14. The van der Waals surface area contributed by atoms with Crippen molar-refractivity contribution in [2.45, 2.75) is 13.8 Å². The zero-order chi connectivity index (χ0) is 14.7. The summed E-state index contributed by atoms with van der Waals surface area (Å²) in [5, 5.41) is 8.04. The van der Waals surface area contributed by atoms with Gasteiger partial charge in [0.25, 0.3) is 0 Å². The minimum absolute atomic E-state index is 0.487. The van der Waals surface area contributed by atoms with Gasteiger partial charge in [0.1, 0.15) is 0 Å². The minimum Gasteiger partial charge on any atom is -0.332 e. The summed E-state index contributed by atoms with van der Waals surface area (Å²) in [5.74, 6) is 0. The lowest BCUT2D eigenvalue weighted by atomic mass is 10.2. The zero-order valence-corrected chi connectivity index (χ0v) is 13.5. The lowest BCUT2D eigenvalue weighted by Crippen LogP contribution is -2.19. The molecule has 0 fully saturated rings. The molecule has 0 radical (unpaired) electrons. The average molecular weight is 325 g/mol. The van der Waals surface area contributed by atoms with E-state index < -0.39 is 0 Å². The first-order valence-corrected chi connectivity index (χ1v) is 7.22. The molecule has 0 spiro atoms. The summed E-state index contributed by atoms with van der Waals surface area (Å²) >= 11 is 17.4. The molecule has 0 aliphatic carbocycles. The molecule has 104 valence electrons. The molecule has 20 heavy (non-hydrogen) atoms. The fourth-order valence-corrected chi connectivity index (χ4v) is 2.49. The Morgan fingerprint density at radius 2 is 1.60 bits per heavy atom. The van der Waals surface area contributed by atoms with Crippen LogP contribution in [0.5, 0.6) is 0 Å². The van der Waals surface area contributed by atoms with Crippen molar-refractivity contribution in [3.63, 3.8) is 0 Å². The van der Waals surface area contributed by atoms with Crippen LogP contribution in [0.3, 0.4) is 0 Å². The van der Waals surface area contributed by atoms with E-state index in [0.29, 0.717) is 15.2 Å². The summed E-state index contributed by atoms with van der Waals surface area (Å²) in [6, 6.07) is 11.4. The van der Waals surface area contributed by atoms with Crippen LogP contribution in [-0.4, -0.2) is 5.11 Å². The molecule has 5 heteroatoms. The van der Waals surface area contributed by atoms with Gasteiger partial charge >= 0.3 is 0 Å². The highest BCUT2D eigenvalue weighted by molar-refractivity contribution is 7.80. The molecule has 0 amide bonds. The van der Waals surface area contributed by atoms with Gasteiger partial charge in [-0.2, -0.15) is 0 Å². The van der Waals surface area contributed by atoms with Crippen molar-refractivity contribution in [3.8, 4) is 0 Å². The summed E-state index contributed by atoms with van der Waals surface area (Å²) < 4.78 is 0. The summed E-state index contributed by atoms with van der Waals surface area (Å²) in [6.45, 7) is 3.96. The Hall–Kier alpha value is -1.29. The van der Waals surface area contributed by atoms with Gasteiger partial charge in [0, 0.05) is 10.7 Å². The van der Waals surface area contributed by atoms with Crippen molar-refractivity contribution in [2.75, 3.05) is 10.6 Å². The molecule has 2 nitrogen and oxygen atoms in total. The standard InChI is InChI=1S/C15H14Cl2N2S/c1-9-3-5-14(12(17)7-9)19-15(20)18-13-6-4-11(16)8-10(13)2/h3-8H,1-2H3,(H2,18,19,20). The molecular weight excluding hydrogens is 311 g/mol. The first-order chi connectivity index (χ1) is 9.45. The number of hydrogen-bond donors (Lipinski definition) is 2. The van der Waals surface area contributed by atoms with E-state index in [9.17, 15) is 0 Å². The smallest absolute Gasteiger partial charge is 0.175 e. The fourth-order valence-electron chi connectivity index (χ4n) is 1.76. The number of hydrogen-bond acceptors (Lipinski definition) is 1. The Balaban J connectivity index is 2.09. The number of nitrogens with one attached hydrogen (secondary N) is 2. The number of anilines is 2. The molecule has 0 atom stereocenters. The van der Waals surface area contributed by atoms with Gasteiger partial charge in [-0.15, -0.1) is 0 Å². The predicted molar refractivity (Wildman–Crippen MR) is 92.2 cm³/mol. The highest BCUT2D eigenvalue weighted by Gasteiger charge is 2.05. The van der Waals surface area contributed by atoms with Crippen LogP contribution >= 0.6 is 35.4 Å². The molecule has 0 aliphatic rings. The highest BCUT2D eigenvalue weighted by atomic mass is 35.5. The first kappa shape index (κ1) is 15.1. The van der Waals surface area contributed by atoms with Crippen molar-refractivity contribution in [3.05, 3.63) is 57.6 Å². The minimum atomic E-state index is 0.487. The molecule has 0 heterocycles. The van der Waals surface area contributed by atoms with Gasteiger partial charge in [-0.05, 0) is 67.5 Å². The quantitative estimate of drug-likeness (QED) is 0.721. The normalized spacial score (nSPS) is 10.2. The average Bonchev–Trinajstić information content (AvgIpc) is 2.36. The van der Waals surface area contributed by atoms with Crippen LogP contribution in [0.4, 0.5) is 11.4 Å². The van der Waals surface area contributed by atoms with E-state index in [0.717, 1.165) is 22.5 Å². The van der Waals surface area contributed by atoms with Crippen molar-refractivity contribution < 1.29 is 0 Å². The van der Waals surface area contributed by atoms with Crippen molar-refractivity contribution in [1.82, 2.24) is 0 Å². The second kappa shape index (κ2) is 6.44. The molecule has 2 aromatic carbocycles. The Morgan fingerprint density at radius 3 is 2.25 bits per heavy atom. The number of benzene rings is 2. The Morgan fingerprint density at radius 1 is 0.950 bits per heavy atom. The number of halogens is 2. The molecule has 0 saturated heterocycles. The summed E-state index contributed by atoms with van der Waals surface area (Å²) in [7, 11) is 0. The second-order valence-electron chi connectivity index (χ2n) is 4.52. The third-order valence-corrected chi connectivity index (χ3v) is 3.56. The molecule has 2 N–H and O–H groups in total. The Labute approximate surface area is 134 Å². The summed E-state index contributed by atoms with van der Waals surface area (Å²) in [4.78, 5) is 0. The van der Waals surface area contributed by atoms with Crippen LogP contribution in [0.15, 0.2) is 36.4 Å². The molecule has 2 aromatic rings. The molecular formula is C15H14Cl2N2S. The van der Waals surface area contributed by atoms with Crippen molar-refractivity contribution in [1.29, 1.82) is 0 Å². The van der Waals surface area contributed by atoms with Crippen LogP contribution < -0.4 is 10.6 Å². The monoisotopic (exact) mass is 324 g/mol. The van der Waals surface area contributed by atoms with Gasteiger partial charge in [-0.3, -0.25) is 0 Å². The number of rotatable bonds is 2. The van der Waals surface area contributed by atoms with Crippen LogP contribution in [0.1, 0.15) is 11.1 Å². The largest absolute Gasteiger partial charge is 0.332 e. The molecule has 0 unspecified atom stereocenters. The van der Waals surface area contributed by atoms with Gasteiger partial charge in [-0.1, -0.05) is 29.3 Å². The van der Waals surface area contributed by atoms with Crippen LogP contribution in [0.2, 0.25) is 10.0 Å². The maximum Gasteiger partial charge on any atom is 0.175 e.